The first kappa shape index (κ1) is 7.28. The quantitative estimate of drug-likeness (QED) is 0.748. The molecule has 0 unspecified atom stereocenters. The molecule has 0 aliphatic carbocycles. The lowest BCUT2D eigenvalue weighted by molar-refractivity contribution is 1.28. The third-order valence-corrected chi connectivity index (χ3v) is 1.50. The van der Waals surface area contributed by atoms with Crippen LogP contribution in [0.15, 0.2) is 29.0 Å². The summed E-state index contributed by atoms with van der Waals surface area (Å²) < 4.78 is 1.01. The predicted octanol–water partition coefficient (Wildman–Crippen LogP) is 1.77. The van der Waals surface area contributed by atoms with Crippen molar-refractivity contribution in [3.63, 3.8) is 0 Å². The van der Waals surface area contributed by atoms with Crippen molar-refractivity contribution in [2.75, 3.05) is 0 Å². The van der Waals surface area contributed by atoms with E-state index >= 15 is 0 Å². The number of rotatable bonds is 1. The number of hydrogen-bond acceptors (Lipinski definition) is 2. The van der Waals surface area contributed by atoms with Gasteiger partial charge in [0, 0.05) is 10.7 Å². The Morgan fingerprint density at radius 2 is 2.40 bits per heavy atom. The van der Waals surface area contributed by atoms with Gasteiger partial charge in [0.25, 0.3) is 0 Å². The molecule has 0 spiro atoms. The zero-order chi connectivity index (χ0) is 7.40. The fourth-order valence-electron chi connectivity index (χ4n) is 0.611. The third-order valence-electron chi connectivity index (χ3n) is 1.01. The lowest BCUT2D eigenvalue weighted by Gasteiger charge is -1.90. The second kappa shape index (κ2) is 3.37. The molecule has 52 valence electrons. The van der Waals surface area contributed by atoms with Gasteiger partial charge in [0.2, 0.25) is 0 Å². The number of aromatic nitrogens is 1. The number of pyridine rings is 1. The maximum Gasteiger partial charge on any atom is 0.0655 e. The van der Waals surface area contributed by atoms with Crippen LogP contribution in [-0.4, -0.2) is 4.98 Å². The lowest BCUT2D eigenvalue weighted by Crippen LogP contribution is -1.81. The molecule has 3 heteroatoms. The normalized spacial score (nSPS) is 10.5. The fraction of sp³-hybridized carbons (Fsp3) is 0. The lowest BCUT2D eigenvalue weighted by atomic mass is 10.3. The molecule has 0 aromatic carbocycles. The van der Waals surface area contributed by atoms with Crippen LogP contribution in [-0.2, 0) is 0 Å². The van der Waals surface area contributed by atoms with E-state index in [2.05, 4.69) is 20.9 Å². The van der Waals surface area contributed by atoms with Gasteiger partial charge in [-0.25, -0.2) is 0 Å². The molecule has 1 aromatic heterocycles. The van der Waals surface area contributed by atoms with Gasteiger partial charge >= 0.3 is 0 Å². The van der Waals surface area contributed by atoms with E-state index in [9.17, 15) is 0 Å². The summed E-state index contributed by atoms with van der Waals surface area (Å²) in [4.78, 5) is 4.03. The highest BCUT2D eigenvalue weighted by atomic mass is 79.9. The third kappa shape index (κ3) is 1.84. The molecule has 0 fully saturated rings. The van der Waals surface area contributed by atoms with Crippen molar-refractivity contribution in [1.29, 1.82) is 0 Å². The molecule has 0 radical (unpaired) electrons. The largest absolute Gasteiger partial charge is 0.405 e. The van der Waals surface area contributed by atoms with Gasteiger partial charge in [0.15, 0.2) is 0 Å². The van der Waals surface area contributed by atoms with Crippen molar-refractivity contribution < 1.29 is 0 Å². The van der Waals surface area contributed by atoms with E-state index in [4.69, 9.17) is 5.73 Å². The molecule has 0 amide bonds. The second-order valence-corrected chi connectivity index (χ2v) is 2.67. The first-order valence-electron chi connectivity index (χ1n) is 2.83. The highest BCUT2D eigenvalue weighted by Gasteiger charge is 1.87. The standard InChI is InChI=1S/C7H7BrN2/c8-6-2-4-10-7(5-6)1-3-9/h1-5H,9H2. The van der Waals surface area contributed by atoms with Crippen molar-refractivity contribution in [1.82, 2.24) is 4.98 Å². The van der Waals surface area contributed by atoms with E-state index in [1.807, 2.05) is 12.1 Å². The van der Waals surface area contributed by atoms with Crippen molar-refractivity contribution in [3.8, 4) is 0 Å². The van der Waals surface area contributed by atoms with Crippen molar-refractivity contribution in [3.05, 3.63) is 34.7 Å². The summed E-state index contributed by atoms with van der Waals surface area (Å²) in [7, 11) is 0. The van der Waals surface area contributed by atoms with E-state index < -0.39 is 0 Å². The van der Waals surface area contributed by atoms with Gasteiger partial charge < -0.3 is 5.73 Å². The van der Waals surface area contributed by atoms with Crippen molar-refractivity contribution in [2.45, 2.75) is 0 Å². The van der Waals surface area contributed by atoms with Gasteiger partial charge in [-0.1, -0.05) is 15.9 Å². The average molecular weight is 199 g/mol. The van der Waals surface area contributed by atoms with E-state index in [0.29, 0.717) is 0 Å². The van der Waals surface area contributed by atoms with Gasteiger partial charge in [0.05, 0.1) is 5.69 Å². The highest BCUT2D eigenvalue weighted by Crippen LogP contribution is 2.09. The molecule has 0 atom stereocenters. The fourth-order valence-corrected chi connectivity index (χ4v) is 0.964. The Morgan fingerprint density at radius 3 is 3.00 bits per heavy atom. The highest BCUT2D eigenvalue weighted by molar-refractivity contribution is 9.10. The molecule has 1 rings (SSSR count). The molecule has 1 heterocycles. The van der Waals surface area contributed by atoms with Crippen LogP contribution in [0.4, 0.5) is 0 Å². The minimum atomic E-state index is 0.858. The van der Waals surface area contributed by atoms with Crippen LogP contribution in [0.2, 0.25) is 0 Å². The number of nitrogens with zero attached hydrogens (tertiary/aromatic N) is 1. The Balaban J connectivity index is 2.95. The Labute approximate surface area is 67.9 Å². The summed E-state index contributed by atoms with van der Waals surface area (Å²) in [5, 5.41) is 0. The van der Waals surface area contributed by atoms with Crippen molar-refractivity contribution in [2.24, 2.45) is 5.73 Å². The minimum absolute atomic E-state index is 0.858. The van der Waals surface area contributed by atoms with Gasteiger partial charge in [-0.05, 0) is 24.4 Å². The number of halogens is 1. The van der Waals surface area contributed by atoms with Crippen LogP contribution in [0.5, 0.6) is 0 Å². The van der Waals surface area contributed by atoms with Crippen LogP contribution in [0.25, 0.3) is 6.08 Å². The summed E-state index contributed by atoms with van der Waals surface area (Å²) in [5.41, 5.74) is 6.03. The SMILES string of the molecule is NC=Cc1cc(Br)ccn1. The molecule has 2 nitrogen and oxygen atoms in total. The predicted molar refractivity (Wildman–Crippen MR) is 45.2 cm³/mol. The maximum absolute atomic E-state index is 5.17. The van der Waals surface area contributed by atoms with Crippen LogP contribution in [0.3, 0.4) is 0 Å². The number of hydrogen-bond donors (Lipinski definition) is 1. The number of nitrogens with two attached hydrogens (primary N) is 1. The summed E-state index contributed by atoms with van der Waals surface area (Å²) >= 11 is 3.32. The van der Waals surface area contributed by atoms with Crippen LogP contribution < -0.4 is 5.73 Å². The summed E-state index contributed by atoms with van der Waals surface area (Å²) in [5.74, 6) is 0. The molecule has 2 N–H and O–H groups in total. The molecule has 10 heavy (non-hydrogen) atoms. The molecule has 0 aliphatic rings. The Bertz CT molecular complexity index is 245. The summed E-state index contributed by atoms with van der Waals surface area (Å²) in [6, 6.07) is 3.76. The Hall–Kier alpha value is -0.830. The zero-order valence-corrected chi connectivity index (χ0v) is 6.88. The second-order valence-electron chi connectivity index (χ2n) is 1.76. The minimum Gasteiger partial charge on any atom is -0.405 e. The van der Waals surface area contributed by atoms with Crippen LogP contribution in [0.1, 0.15) is 5.69 Å². The van der Waals surface area contributed by atoms with E-state index in [-0.39, 0.29) is 0 Å². The molecule has 0 bridgehead atoms. The van der Waals surface area contributed by atoms with Gasteiger partial charge in [-0.15, -0.1) is 0 Å². The first-order valence-corrected chi connectivity index (χ1v) is 3.62. The molecular weight excluding hydrogens is 192 g/mol. The molecular formula is C7H7BrN2. The molecule has 0 saturated carbocycles. The first-order chi connectivity index (χ1) is 4.83. The summed E-state index contributed by atoms with van der Waals surface area (Å²) in [6.07, 6.45) is 4.93. The van der Waals surface area contributed by atoms with Gasteiger partial charge in [-0.2, -0.15) is 0 Å². The van der Waals surface area contributed by atoms with Gasteiger partial charge in [0.1, 0.15) is 0 Å². The zero-order valence-electron chi connectivity index (χ0n) is 5.29. The average Bonchev–Trinajstić information content (AvgIpc) is 1.88. The van der Waals surface area contributed by atoms with Gasteiger partial charge in [-0.3, -0.25) is 4.98 Å². The van der Waals surface area contributed by atoms with Crippen molar-refractivity contribution >= 4 is 22.0 Å². The molecule has 0 aliphatic heterocycles. The smallest absolute Gasteiger partial charge is 0.0655 e. The van der Waals surface area contributed by atoms with Crippen LogP contribution >= 0.6 is 15.9 Å². The van der Waals surface area contributed by atoms with E-state index in [1.165, 1.54) is 6.20 Å². The molecule has 1 aromatic rings. The summed E-state index contributed by atoms with van der Waals surface area (Å²) in [6.45, 7) is 0. The van der Waals surface area contributed by atoms with Crippen LogP contribution in [0, 0.1) is 0 Å². The van der Waals surface area contributed by atoms with E-state index in [0.717, 1.165) is 10.2 Å². The van der Waals surface area contributed by atoms with E-state index in [1.54, 1.807) is 12.3 Å². The molecule has 0 saturated heterocycles. The topological polar surface area (TPSA) is 38.9 Å². The monoisotopic (exact) mass is 198 g/mol. The Morgan fingerprint density at radius 1 is 1.60 bits per heavy atom. The Kier molecular flexibility index (Phi) is 2.45. The maximum atomic E-state index is 5.17.